The Morgan fingerprint density at radius 3 is 2.63 bits per heavy atom. The van der Waals surface area contributed by atoms with Crippen molar-refractivity contribution in [1.29, 1.82) is 0 Å². The summed E-state index contributed by atoms with van der Waals surface area (Å²) in [7, 11) is 0. The number of hydrogen-bond donors (Lipinski definition) is 1. The Morgan fingerprint density at radius 1 is 1.30 bits per heavy atom. The van der Waals surface area contributed by atoms with E-state index in [1.54, 1.807) is 6.07 Å². The molecule has 0 aliphatic carbocycles. The quantitative estimate of drug-likeness (QED) is 0.486. The van der Waals surface area contributed by atoms with Gasteiger partial charge in [0.05, 0.1) is 11.3 Å². The number of allylic oxidation sites excluding steroid dienone is 6. The monoisotopic (exact) mass is 382 g/mol. The molecular formula is C22H26N2O2S. The fraction of sp³-hybridized carbons (Fsp3) is 0.318. The number of Topliss-reactive ketones (excluding diaryl/α,β-unsaturated/α-hetero) is 1. The second-order valence-electron chi connectivity index (χ2n) is 6.37. The Morgan fingerprint density at radius 2 is 2.04 bits per heavy atom. The van der Waals surface area contributed by atoms with Gasteiger partial charge in [-0.05, 0) is 45.8 Å². The van der Waals surface area contributed by atoms with Gasteiger partial charge in [0.2, 0.25) is 0 Å². The van der Waals surface area contributed by atoms with Crippen molar-refractivity contribution in [3.63, 3.8) is 0 Å². The molecule has 0 radical (unpaired) electrons. The van der Waals surface area contributed by atoms with E-state index in [1.165, 1.54) is 35.6 Å². The van der Waals surface area contributed by atoms with Gasteiger partial charge >= 0.3 is 0 Å². The molecule has 1 N–H and O–H groups in total. The maximum Gasteiger partial charge on any atom is 0.258 e. The molecule has 0 bridgehead atoms. The molecule has 0 fully saturated rings. The molecule has 0 unspecified atom stereocenters. The summed E-state index contributed by atoms with van der Waals surface area (Å²) in [4.78, 5) is 31.2. The molecule has 2 rings (SSSR count). The van der Waals surface area contributed by atoms with E-state index in [9.17, 15) is 9.59 Å². The zero-order valence-corrected chi connectivity index (χ0v) is 17.4. The number of carbonyl (C=O) groups is 1. The molecule has 0 aromatic carbocycles. The Bertz CT molecular complexity index is 974. The van der Waals surface area contributed by atoms with E-state index in [0.717, 1.165) is 24.1 Å². The molecule has 27 heavy (non-hydrogen) atoms. The van der Waals surface area contributed by atoms with Crippen molar-refractivity contribution in [2.75, 3.05) is 0 Å². The van der Waals surface area contributed by atoms with Crippen LogP contribution in [0.25, 0.3) is 16.1 Å². The molecular weight excluding hydrogens is 356 g/mol. The highest BCUT2D eigenvalue weighted by Gasteiger charge is 2.15. The molecule has 0 atom stereocenters. The number of pyridine rings is 1. The van der Waals surface area contributed by atoms with Gasteiger partial charge in [-0.25, -0.2) is 4.98 Å². The van der Waals surface area contributed by atoms with Crippen LogP contribution in [-0.4, -0.2) is 15.8 Å². The van der Waals surface area contributed by atoms with Crippen molar-refractivity contribution < 1.29 is 4.79 Å². The number of aromatic amines is 1. The molecule has 0 spiro atoms. The van der Waals surface area contributed by atoms with Crippen molar-refractivity contribution in [2.45, 2.75) is 47.5 Å². The lowest BCUT2D eigenvalue weighted by molar-refractivity contribution is 0.101. The minimum atomic E-state index is -0.241. The summed E-state index contributed by atoms with van der Waals surface area (Å²) in [5.41, 5.74) is 5.04. The Balaban J connectivity index is 2.53. The third-order valence-corrected chi connectivity index (χ3v) is 5.19. The number of H-pyrrole nitrogens is 1. The Kier molecular flexibility index (Phi) is 7.25. The third kappa shape index (κ3) is 4.80. The first kappa shape index (κ1) is 20.8. The average Bonchev–Trinajstić information content (AvgIpc) is 3.11. The fourth-order valence-corrected chi connectivity index (χ4v) is 3.78. The van der Waals surface area contributed by atoms with Gasteiger partial charge < -0.3 is 4.98 Å². The number of thiazole rings is 1. The summed E-state index contributed by atoms with van der Waals surface area (Å²) in [6, 6.07) is 1.62. The van der Waals surface area contributed by atoms with Crippen LogP contribution < -0.4 is 5.56 Å². The van der Waals surface area contributed by atoms with E-state index >= 15 is 0 Å². The lowest BCUT2D eigenvalue weighted by Crippen LogP contribution is -2.10. The lowest BCUT2D eigenvalue weighted by Gasteiger charge is -2.11. The summed E-state index contributed by atoms with van der Waals surface area (Å²) in [5.74, 6) is -0.0908. The Labute approximate surface area is 164 Å². The normalized spacial score (nSPS) is 13.1. The van der Waals surface area contributed by atoms with Crippen LogP contribution in [0.1, 0.15) is 63.5 Å². The van der Waals surface area contributed by atoms with E-state index in [4.69, 9.17) is 4.98 Å². The average molecular weight is 383 g/mol. The van der Waals surface area contributed by atoms with Crippen molar-refractivity contribution in [2.24, 2.45) is 0 Å². The number of ketones is 1. The molecule has 2 aromatic rings. The van der Waals surface area contributed by atoms with Crippen LogP contribution in [-0.2, 0) is 0 Å². The second kappa shape index (κ2) is 9.42. The van der Waals surface area contributed by atoms with Gasteiger partial charge in [-0.1, -0.05) is 37.1 Å². The van der Waals surface area contributed by atoms with Gasteiger partial charge in [0.1, 0.15) is 5.01 Å². The standard InChI is InChI=1S/C22H26N2O2S/c1-6-9-14(4)18(10-7-2)17(8-3)20-13-27-22(24-20)19-11-16(15(5)25)12-23-21(19)26/h7-8,10-13H,6,9H2,1-5H3,(H,23,26)/b10-7-,17-8+,18-14-. The number of aromatic nitrogens is 2. The van der Waals surface area contributed by atoms with E-state index in [-0.39, 0.29) is 11.3 Å². The van der Waals surface area contributed by atoms with Crippen LogP contribution in [0.4, 0.5) is 0 Å². The maximum absolute atomic E-state index is 12.2. The number of carbonyl (C=O) groups excluding carboxylic acids is 1. The predicted octanol–water partition coefficient (Wildman–Crippen LogP) is 5.80. The molecule has 0 amide bonds. The van der Waals surface area contributed by atoms with Crippen LogP contribution in [0.5, 0.6) is 0 Å². The number of hydrogen-bond acceptors (Lipinski definition) is 4. The highest BCUT2D eigenvalue weighted by molar-refractivity contribution is 7.13. The van der Waals surface area contributed by atoms with Gasteiger partial charge in [-0.3, -0.25) is 9.59 Å². The predicted molar refractivity (Wildman–Crippen MR) is 114 cm³/mol. The van der Waals surface area contributed by atoms with E-state index < -0.39 is 0 Å². The third-order valence-electron chi connectivity index (χ3n) is 4.32. The van der Waals surface area contributed by atoms with E-state index in [2.05, 4.69) is 31.0 Å². The highest BCUT2D eigenvalue weighted by atomic mass is 32.1. The number of nitrogens with one attached hydrogen (secondary N) is 1. The van der Waals surface area contributed by atoms with Gasteiger partial charge in [0.15, 0.2) is 5.78 Å². The van der Waals surface area contributed by atoms with Crippen molar-refractivity contribution in [3.8, 4) is 10.6 Å². The maximum atomic E-state index is 12.2. The molecule has 2 heterocycles. The molecule has 0 saturated heterocycles. The van der Waals surface area contributed by atoms with Gasteiger partial charge in [0, 0.05) is 22.7 Å². The van der Waals surface area contributed by atoms with E-state index in [1.807, 2.05) is 25.3 Å². The largest absolute Gasteiger partial charge is 0.328 e. The lowest BCUT2D eigenvalue weighted by atomic mass is 9.95. The minimum absolute atomic E-state index is 0.0908. The van der Waals surface area contributed by atoms with Crippen LogP contribution in [0.15, 0.2) is 51.8 Å². The van der Waals surface area contributed by atoms with Crippen LogP contribution in [0.2, 0.25) is 0 Å². The molecule has 0 aliphatic heterocycles. The molecule has 142 valence electrons. The van der Waals surface area contributed by atoms with Gasteiger partial charge in [-0.2, -0.15) is 0 Å². The molecule has 0 aliphatic rings. The molecule has 5 heteroatoms. The van der Waals surface area contributed by atoms with Crippen LogP contribution >= 0.6 is 11.3 Å². The van der Waals surface area contributed by atoms with Crippen molar-refractivity contribution in [3.05, 3.63) is 68.6 Å². The fourth-order valence-electron chi connectivity index (χ4n) is 2.95. The van der Waals surface area contributed by atoms with Crippen LogP contribution in [0, 0.1) is 0 Å². The zero-order chi connectivity index (χ0) is 20.0. The van der Waals surface area contributed by atoms with Gasteiger partial charge in [0.25, 0.3) is 5.56 Å². The van der Waals surface area contributed by atoms with Crippen LogP contribution in [0.3, 0.4) is 0 Å². The minimum Gasteiger partial charge on any atom is -0.328 e. The number of nitrogens with zero attached hydrogens (tertiary/aromatic N) is 1. The SMILES string of the molecule is C\C=C/C(=C(\C)CCC)C(=C\C)/c1csc(-c2cc(C(C)=O)c[nH]c2=O)n1. The van der Waals surface area contributed by atoms with E-state index in [0.29, 0.717) is 16.1 Å². The second-order valence-corrected chi connectivity index (χ2v) is 7.23. The topological polar surface area (TPSA) is 62.8 Å². The van der Waals surface area contributed by atoms with Gasteiger partial charge in [-0.15, -0.1) is 11.3 Å². The summed E-state index contributed by atoms with van der Waals surface area (Å²) in [5, 5.41) is 2.58. The first-order chi connectivity index (χ1) is 12.9. The number of rotatable bonds is 7. The summed E-state index contributed by atoms with van der Waals surface area (Å²) < 4.78 is 0. The van der Waals surface area contributed by atoms with Crippen molar-refractivity contribution in [1.82, 2.24) is 9.97 Å². The summed E-state index contributed by atoms with van der Waals surface area (Å²) >= 11 is 1.41. The first-order valence-corrected chi connectivity index (χ1v) is 9.99. The summed E-state index contributed by atoms with van der Waals surface area (Å²) in [6.45, 7) is 9.80. The Hall–Kier alpha value is -2.53. The summed E-state index contributed by atoms with van der Waals surface area (Å²) in [6.07, 6.45) is 9.76. The first-order valence-electron chi connectivity index (χ1n) is 9.11. The van der Waals surface area contributed by atoms with Crippen molar-refractivity contribution >= 4 is 22.7 Å². The smallest absolute Gasteiger partial charge is 0.258 e. The molecule has 2 aromatic heterocycles. The zero-order valence-electron chi connectivity index (χ0n) is 16.6. The molecule has 0 saturated carbocycles. The molecule has 4 nitrogen and oxygen atoms in total. The highest BCUT2D eigenvalue weighted by Crippen LogP contribution is 2.32.